The number of rotatable bonds is 8. The second-order valence-corrected chi connectivity index (χ2v) is 7.52. The van der Waals surface area contributed by atoms with Gasteiger partial charge in [-0.2, -0.15) is 0 Å². The molecule has 2 heterocycles. The van der Waals surface area contributed by atoms with Crippen LogP contribution in [0.15, 0.2) is 54.2 Å². The molecule has 1 atom stereocenters. The number of esters is 1. The van der Waals surface area contributed by atoms with Gasteiger partial charge >= 0.3 is 5.97 Å². The van der Waals surface area contributed by atoms with Gasteiger partial charge in [-0.3, -0.25) is 14.6 Å². The number of ether oxygens (including phenoxy) is 1. The molecule has 0 unspecified atom stereocenters. The summed E-state index contributed by atoms with van der Waals surface area (Å²) in [5, 5.41) is 5.52. The Bertz CT molecular complexity index is 955. The third kappa shape index (κ3) is 5.96. The van der Waals surface area contributed by atoms with Gasteiger partial charge < -0.3 is 10.1 Å². The van der Waals surface area contributed by atoms with Gasteiger partial charge in [0.2, 0.25) is 0 Å². The van der Waals surface area contributed by atoms with Crippen LogP contribution < -0.4 is 5.32 Å². The molecule has 0 radical (unpaired) electrons. The Morgan fingerprint density at radius 2 is 2.00 bits per heavy atom. The summed E-state index contributed by atoms with van der Waals surface area (Å²) in [6.07, 6.45) is 4.20. The summed E-state index contributed by atoms with van der Waals surface area (Å²) in [7, 11) is 0. The summed E-state index contributed by atoms with van der Waals surface area (Å²) >= 11 is 1.44. The Labute approximate surface area is 174 Å². The smallest absolute Gasteiger partial charge is 0.312 e. The molecular weight excluding hydrogens is 386 g/mol. The number of aromatic nitrogens is 2. The van der Waals surface area contributed by atoms with Crippen LogP contribution in [0.1, 0.15) is 36.2 Å². The number of hydrogen-bond donors (Lipinski definition) is 1. The summed E-state index contributed by atoms with van der Waals surface area (Å²) in [5.74, 6) is -0.799. The Morgan fingerprint density at radius 3 is 2.69 bits per heavy atom. The number of nitrogens with one attached hydrogen (secondary N) is 1. The van der Waals surface area contributed by atoms with Crippen LogP contribution in [0.4, 0.5) is 0 Å². The van der Waals surface area contributed by atoms with Crippen LogP contribution >= 0.6 is 11.3 Å². The first-order valence-electron chi connectivity index (χ1n) is 9.41. The van der Waals surface area contributed by atoms with Crippen molar-refractivity contribution in [2.45, 2.75) is 32.7 Å². The highest BCUT2D eigenvalue weighted by Gasteiger charge is 2.15. The molecule has 0 aliphatic heterocycles. The molecule has 0 aliphatic carbocycles. The van der Waals surface area contributed by atoms with Crippen LogP contribution in [0.3, 0.4) is 0 Å². The number of thiazole rings is 1. The number of amides is 1. The van der Waals surface area contributed by atoms with Crippen LogP contribution in [0.5, 0.6) is 0 Å². The SMILES string of the molecule is CC[C@@H](NC(=O)COC(=O)Cc1csc(-c2cccnc2)n1)c1ccc(C)cc1. The topological polar surface area (TPSA) is 81.2 Å². The maximum Gasteiger partial charge on any atom is 0.312 e. The number of carbonyl (C=O) groups is 2. The Kier molecular flexibility index (Phi) is 7.08. The lowest BCUT2D eigenvalue weighted by molar-refractivity contribution is -0.148. The van der Waals surface area contributed by atoms with Crippen molar-refractivity contribution < 1.29 is 14.3 Å². The van der Waals surface area contributed by atoms with Crippen LogP contribution in [-0.2, 0) is 20.7 Å². The molecule has 0 bridgehead atoms. The van der Waals surface area contributed by atoms with Gasteiger partial charge in [0, 0.05) is 23.3 Å². The van der Waals surface area contributed by atoms with E-state index in [0.29, 0.717) is 5.69 Å². The van der Waals surface area contributed by atoms with Gasteiger partial charge in [-0.05, 0) is 31.0 Å². The molecule has 3 aromatic rings. The van der Waals surface area contributed by atoms with Crippen LogP contribution in [0.25, 0.3) is 10.6 Å². The van der Waals surface area contributed by atoms with Gasteiger partial charge in [0.05, 0.1) is 18.2 Å². The predicted molar refractivity (Wildman–Crippen MR) is 112 cm³/mol. The van der Waals surface area contributed by atoms with Crippen molar-refractivity contribution >= 4 is 23.2 Å². The summed E-state index contributed by atoms with van der Waals surface area (Å²) in [6, 6.07) is 11.7. The molecule has 3 rings (SSSR count). The molecule has 1 amide bonds. The molecule has 0 fully saturated rings. The van der Waals surface area contributed by atoms with Gasteiger partial charge in [0.25, 0.3) is 5.91 Å². The van der Waals surface area contributed by atoms with Gasteiger partial charge in [0.1, 0.15) is 5.01 Å². The predicted octanol–water partition coefficient (Wildman–Crippen LogP) is 3.87. The number of pyridine rings is 1. The van der Waals surface area contributed by atoms with Crippen LogP contribution in [0, 0.1) is 6.92 Å². The number of benzene rings is 1. The molecule has 0 aliphatic rings. The van der Waals surface area contributed by atoms with E-state index in [-0.39, 0.29) is 25.0 Å². The van der Waals surface area contributed by atoms with Crippen molar-refractivity contribution in [1.82, 2.24) is 15.3 Å². The summed E-state index contributed by atoms with van der Waals surface area (Å²) in [6.45, 7) is 3.71. The summed E-state index contributed by atoms with van der Waals surface area (Å²) < 4.78 is 5.12. The molecule has 0 spiro atoms. The second kappa shape index (κ2) is 9.93. The van der Waals surface area contributed by atoms with Crippen LogP contribution in [-0.4, -0.2) is 28.5 Å². The van der Waals surface area contributed by atoms with Gasteiger partial charge in [0.15, 0.2) is 6.61 Å². The van der Waals surface area contributed by atoms with E-state index in [9.17, 15) is 9.59 Å². The average molecular weight is 410 g/mol. The van der Waals surface area contributed by atoms with E-state index in [4.69, 9.17) is 4.74 Å². The van der Waals surface area contributed by atoms with Crippen molar-refractivity contribution in [3.8, 4) is 10.6 Å². The zero-order valence-electron chi connectivity index (χ0n) is 16.4. The number of aryl methyl sites for hydroxylation is 1. The molecule has 29 heavy (non-hydrogen) atoms. The molecule has 0 saturated heterocycles. The maximum atomic E-state index is 12.2. The van der Waals surface area contributed by atoms with E-state index >= 15 is 0 Å². The lowest BCUT2D eigenvalue weighted by Gasteiger charge is -2.17. The fourth-order valence-corrected chi connectivity index (χ4v) is 3.62. The summed E-state index contributed by atoms with van der Waals surface area (Å²) in [5.41, 5.74) is 3.71. The molecular formula is C22H23N3O3S. The summed E-state index contributed by atoms with van der Waals surface area (Å²) in [4.78, 5) is 32.8. The van der Waals surface area contributed by atoms with Crippen molar-refractivity contribution in [2.24, 2.45) is 0 Å². The first-order chi connectivity index (χ1) is 14.0. The van der Waals surface area contributed by atoms with E-state index in [1.165, 1.54) is 11.3 Å². The Morgan fingerprint density at radius 1 is 1.21 bits per heavy atom. The largest absolute Gasteiger partial charge is 0.455 e. The molecule has 1 aromatic carbocycles. The third-order valence-corrected chi connectivity index (χ3v) is 5.31. The monoisotopic (exact) mass is 409 g/mol. The van der Waals surface area contributed by atoms with Gasteiger partial charge in [-0.25, -0.2) is 4.98 Å². The van der Waals surface area contributed by atoms with E-state index < -0.39 is 5.97 Å². The minimum Gasteiger partial charge on any atom is -0.455 e. The quantitative estimate of drug-likeness (QED) is 0.571. The fourth-order valence-electron chi connectivity index (χ4n) is 2.81. The van der Waals surface area contributed by atoms with Crippen LogP contribution in [0.2, 0.25) is 0 Å². The molecule has 2 aromatic heterocycles. The normalized spacial score (nSPS) is 11.7. The molecule has 1 N–H and O–H groups in total. The van der Waals surface area contributed by atoms with Gasteiger partial charge in [-0.1, -0.05) is 36.8 Å². The van der Waals surface area contributed by atoms with Crippen molar-refractivity contribution in [1.29, 1.82) is 0 Å². The first-order valence-corrected chi connectivity index (χ1v) is 10.3. The minimum absolute atomic E-state index is 0.0270. The molecule has 6 nitrogen and oxygen atoms in total. The Balaban J connectivity index is 1.48. The van der Waals surface area contributed by atoms with E-state index in [1.54, 1.807) is 12.4 Å². The zero-order chi connectivity index (χ0) is 20.6. The highest BCUT2D eigenvalue weighted by Crippen LogP contribution is 2.23. The zero-order valence-corrected chi connectivity index (χ0v) is 17.2. The van der Waals surface area contributed by atoms with E-state index in [2.05, 4.69) is 15.3 Å². The maximum absolute atomic E-state index is 12.2. The van der Waals surface area contributed by atoms with E-state index in [1.807, 2.05) is 55.6 Å². The molecule has 7 heteroatoms. The highest BCUT2D eigenvalue weighted by molar-refractivity contribution is 7.13. The lowest BCUT2D eigenvalue weighted by Crippen LogP contribution is -2.32. The van der Waals surface area contributed by atoms with Crippen molar-refractivity contribution in [3.63, 3.8) is 0 Å². The van der Waals surface area contributed by atoms with Gasteiger partial charge in [-0.15, -0.1) is 11.3 Å². The Hall–Kier alpha value is -3.06. The average Bonchev–Trinajstić information content (AvgIpc) is 3.20. The minimum atomic E-state index is -0.480. The lowest BCUT2D eigenvalue weighted by atomic mass is 10.0. The number of carbonyl (C=O) groups excluding carboxylic acids is 2. The second-order valence-electron chi connectivity index (χ2n) is 6.66. The third-order valence-electron chi connectivity index (χ3n) is 4.37. The van der Waals surface area contributed by atoms with Crippen molar-refractivity contribution in [3.05, 3.63) is 71.0 Å². The fraction of sp³-hybridized carbons (Fsp3) is 0.273. The number of nitrogens with zero attached hydrogens (tertiary/aromatic N) is 2. The molecule has 0 saturated carbocycles. The highest BCUT2D eigenvalue weighted by atomic mass is 32.1. The van der Waals surface area contributed by atoms with Crippen molar-refractivity contribution in [2.75, 3.05) is 6.61 Å². The number of hydrogen-bond acceptors (Lipinski definition) is 6. The standard InChI is InChI=1S/C22H23N3O3S/c1-3-19(16-8-6-15(2)7-9-16)25-20(26)13-28-21(27)11-18-14-29-22(24-18)17-5-4-10-23-12-17/h4-10,12,14,19H,3,11,13H2,1-2H3,(H,25,26)/t19-/m1/s1. The molecule has 150 valence electrons. The first kappa shape index (κ1) is 20.7. The van der Waals surface area contributed by atoms with E-state index in [0.717, 1.165) is 28.1 Å².